The van der Waals surface area contributed by atoms with Crippen LogP contribution in [0.4, 0.5) is 0 Å². The van der Waals surface area contributed by atoms with Gasteiger partial charge in [0.05, 0.1) is 0 Å². The summed E-state index contributed by atoms with van der Waals surface area (Å²) in [5.74, 6) is 1.40. The van der Waals surface area contributed by atoms with Crippen LogP contribution in [0.2, 0.25) is 0 Å². The highest BCUT2D eigenvalue weighted by molar-refractivity contribution is 5.59. The van der Waals surface area contributed by atoms with Crippen LogP contribution in [0.5, 0.6) is 0 Å². The zero-order chi connectivity index (χ0) is 9.42. The summed E-state index contributed by atoms with van der Waals surface area (Å²) >= 11 is 0. The van der Waals surface area contributed by atoms with Crippen molar-refractivity contribution in [2.45, 2.75) is 27.2 Å². The molecule has 0 aromatic carbocycles. The third-order valence-corrected chi connectivity index (χ3v) is 2.99. The lowest BCUT2D eigenvalue weighted by atomic mass is 9.97. The molecule has 67 valence electrons. The van der Waals surface area contributed by atoms with Gasteiger partial charge >= 0.3 is 0 Å². The zero-order valence-corrected chi connectivity index (χ0v) is 8.52. The van der Waals surface area contributed by atoms with Crippen LogP contribution in [0.1, 0.15) is 27.2 Å². The molecule has 0 amide bonds. The molecule has 0 fully saturated rings. The lowest BCUT2D eigenvalue weighted by Gasteiger charge is -2.07. The third-order valence-electron chi connectivity index (χ3n) is 2.99. The normalized spacial score (nSPS) is 22.7. The minimum absolute atomic E-state index is 1.11. The van der Waals surface area contributed by atoms with Crippen molar-refractivity contribution in [2.24, 2.45) is 0 Å². The van der Waals surface area contributed by atoms with E-state index in [1.54, 1.807) is 0 Å². The highest BCUT2D eigenvalue weighted by atomic mass is 14.2. The van der Waals surface area contributed by atoms with Crippen LogP contribution in [0.25, 0.3) is 0 Å². The van der Waals surface area contributed by atoms with Gasteiger partial charge in [0.2, 0.25) is 0 Å². The predicted octanol–water partition coefficient (Wildman–Crippen LogP) is 3.74. The summed E-state index contributed by atoms with van der Waals surface area (Å²) < 4.78 is 0. The molecule has 0 unspecified atom stereocenters. The average molecular weight is 171 g/mol. The molecule has 0 aromatic heterocycles. The fourth-order valence-electron chi connectivity index (χ4n) is 1.94. The highest BCUT2D eigenvalue weighted by Gasteiger charge is 2.17. The first-order valence-corrected chi connectivity index (χ1v) is 4.79. The minimum Gasteiger partial charge on any atom is -0.0798 e. The molecule has 0 heterocycles. The average Bonchev–Trinajstić information content (AvgIpc) is 2.62. The molecule has 0 aliphatic heterocycles. The summed E-state index contributed by atoms with van der Waals surface area (Å²) in [7, 11) is 0. The first-order valence-electron chi connectivity index (χ1n) is 4.79. The van der Waals surface area contributed by atoms with Crippen molar-refractivity contribution in [3.63, 3.8) is 0 Å². The fourth-order valence-corrected chi connectivity index (χ4v) is 1.94. The standard InChI is InChI=1S/C13H15/c1-9-7-8-13(11(9)3)12-6-4-5-10(12)2/h4-5,7-8H,6H2,1-3H3. The molecule has 0 aromatic rings. The van der Waals surface area contributed by atoms with Crippen LogP contribution in [0.15, 0.2) is 46.6 Å². The molecular weight excluding hydrogens is 156 g/mol. The number of hydrogen-bond donors (Lipinski definition) is 0. The SMILES string of the molecule is C[C]1C=CC(C2=C(C)C=CC2)=C1C. The van der Waals surface area contributed by atoms with E-state index in [1.807, 2.05) is 0 Å². The second-order valence-corrected chi connectivity index (χ2v) is 3.82. The first kappa shape index (κ1) is 8.55. The van der Waals surface area contributed by atoms with Crippen LogP contribution in [0, 0.1) is 5.92 Å². The van der Waals surface area contributed by atoms with Crippen molar-refractivity contribution < 1.29 is 0 Å². The van der Waals surface area contributed by atoms with E-state index in [9.17, 15) is 0 Å². The largest absolute Gasteiger partial charge is 0.0798 e. The number of rotatable bonds is 1. The van der Waals surface area contributed by atoms with Crippen molar-refractivity contribution in [3.05, 3.63) is 52.5 Å². The van der Waals surface area contributed by atoms with Crippen molar-refractivity contribution in [1.82, 2.24) is 0 Å². The summed E-state index contributed by atoms with van der Waals surface area (Å²) in [6.45, 7) is 6.58. The molecule has 2 aliphatic carbocycles. The Kier molecular flexibility index (Phi) is 1.99. The van der Waals surface area contributed by atoms with E-state index in [0.717, 1.165) is 6.42 Å². The predicted molar refractivity (Wildman–Crippen MR) is 57.2 cm³/mol. The summed E-state index contributed by atoms with van der Waals surface area (Å²) in [5.41, 5.74) is 5.82. The molecule has 0 heteroatoms. The summed E-state index contributed by atoms with van der Waals surface area (Å²) in [5, 5.41) is 0. The summed E-state index contributed by atoms with van der Waals surface area (Å²) in [6.07, 6.45) is 10.0. The van der Waals surface area contributed by atoms with Gasteiger partial charge in [0, 0.05) is 5.92 Å². The van der Waals surface area contributed by atoms with Crippen molar-refractivity contribution in [2.75, 3.05) is 0 Å². The van der Waals surface area contributed by atoms with Gasteiger partial charge in [-0.1, -0.05) is 36.8 Å². The van der Waals surface area contributed by atoms with Crippen LogP contribution in [0.3, 0.4) is 0 Å². The van der Waals surface area contributed by atoms with E-state index in [4.69, 9.17) is 0 Å². The third kappa shape index (κ3) is 1.31. The van der Waals surface area contributed by atoms with Gasteiger partial charge < -0.3 is 0 Å². The molecule has 1 radical (unpaired) electrons. The van der Waals surface area contributed by atoms with Gasteiger partial charge in [0.25, 0.3) is 0 Å². The summed E-state index contributed by atoms with van der Waals surface area (Å²) in [4.78, 5) is 0. The van der Waals surface area contributed by atoms with Gasteiger partial charge in [-0.3, -0.25) is 0 Å². The Morgan fingerprint density at radius 3 is 2.23 bits per heavy atom. The van der Waals surface area contributed by atoms with Gasteiger partial charge in [0.15, 0.2) is 0 Å². The molecule has 0 bridgehead atoms. The maximum absolute atomic E-state index is 2.25. The quantitative estimate of drug-likeness (QED) is 0.563. The van der Waals surface area contributed by atoms with Crippen molar-refractivity contribution in [1.29, 1.82) is 0 Å². The highest BCUT2D eigenvalue weighted by Crippen LogP contribution is 2.35. The lowest BCUT2D eigenvalue weighted by Crippen LogP contribution is -1.90. The monoisotopic (exact) mass is 171 g/mol. The van der Waals surface area contributed by atoms with Gasteiger partial charge in [-0.15, -0.1) is 0 Å². The van der Waals surface area contributed by atoms with E-state index in [2.05, 4.69) is 45.1 Å². The molecule has 0 saturated carbocycles. The molecule has 0 saturated heterocycles. The zero-order valence-electron chi connectivity index (χ0n) is 8.52. The second kappa shape index (κ2) is 3.02. The van der Waals surface area contributed by atoms with Crippen LogP contribution in [-0.4, -0.2) is 0 Å². The Balaban J connectivity index is 2.39. The van der Waals surface area contributed by atoms with Gasteiger partial charge in [-0.05, 0) is 37.0 Å². The lowest BCUT2D eigenvalue weighted by molar-refractivity contribution is 1.18. The second-order valence-electron chi connectivity index (χ2n) is 3.82. The van der Waals surface area contributed by atoms with E-state index < -0.39 is 0 Å². The van der Waals surface area contributed by atoms with Crippen LogP contribution in [-0.2, 0) is 0 Å². The topological polar surface area (TPSA) is 0 Å². The van der Waals surface area contributed by atoms with Gasteiger partial charge in [-0.25, -0.2) is 0 Å². The van der Waals surface area contributed by atoms with E-state index in [0.29, 0.717) is 0 Å². The molecule has 0 nitrogen and oxygen atoms in total. The summed E-state index contributed by atoms with van der Waals surface area (Å²) in [6, 6.07) is 0. The number of allylic oxidation sites excluding steroid dienone is 8. The maximum atomic E-state index is 2.25. The van der Waals surface area contributed by atoms with Gasteiger partial charge in [-0.2, -0.15) is 0 Å². The van der Waals surface area contributed by atoms with Crippen LogP contribution < -0.4 is 0 Å². The van der Waals surface area contributed by atoms with Gasteiger partial charge in [0.1, 0.15) is 0 Å². The smallest absolute Gasteiger partial charge is 0.0198 e. The minimum atomic E-state index is 1.11. The maximum Gasteiger partial charge on any atom is 0.0198 e. The Morgan fingerprint density at radius 2 is 1.77 bits per heavy atom. The van der Waals surface area contributed by atoms with E-state index in [1.165, 1.54) is 28.2 Å². The Bertz CT molecular complexity index is 348. The molecule has 13 heavy (non-hydrogen) atoms. The Labute approximate surface area is 80.3 Å². The Morgan fingerprint density at radius 1 is 1.00 bits per heavy atom. The van der Waals surface area contributed by atoms with Crippen molar-refractivity contribution in [3.8, 4) is 0 Å². The molecular formula is C13H15. The molecule has 2 rings (SSSR count). The molecule has 0 atom stereocenters. The first-order chi connectivity index (χ1) is 6.20. The van der Waals surface area contributed by atoms with E-state index in [-0.39, 0.29) is 0 Å². The molecule has 2 aliphatic rings. The van der Waals surface area contributed by atoms with Crippen LogP contribution >= 0.6 is 0 Å². The Hall–Kier alpha value is -1.04. The number of hydrogen-bond acceptors (Lipinski definition) is 0. The van der Waals surface area contributed by atoms with Crippen molar-refractivity contribution >= 4 is 0 Å². The fraction of sp³-hybridized carbons (Fsp3) is 0.308. The molecule has 0 N–H and O–H groups in total. The molecule has 0 spiro atoms. The van der Waals surface area contributed by atoms with E-state index >= 15 is 0 Å².